The predicted molar refractivity (Wildman–Crippen MR) is 88.7 cm³/mol. The number of benzene rings is 1. The lowest BCUT2D eigenvalue weighted by molar-refractivity contribution is 0.0240. The van der Waals surface area contributed by atoms with Crippen LogP contribution < -0.4 is 4.90 Å². The first-order valence-corrected chi connectivity index (χ1v) is 9.19. The molecule has 1 heterocycles. The van der Waals surface area contributed by atoms with E-state index in [1.807, 2.05) is 0 Å². The summed E-state index contributed by atoms with van der Waals surface area (Å²) in [5, 5.41) is 0. The van der Waals surface area contributed by atoms with Gasteiger partial charge in [0.1, 0.15) is 17.2 Å². The molecule has 1 fully saturated rings. The van der Waals surface area contributed by atoms with E-state index in [4.69, 9.17) is 4.74 Å². The molecule has 134 valence electrons. The van der Waals surface area contributed by atoms with Gasteiger partial charge in [-0.15, -0.1) is 0 Å². The van der Waals surface area contributed by atoms with E-state index in [1.165, 1.54) is 12.3 Å². The molecule has 1 amide bonds. The van der Waals surface area contributed by atoms with Crippen LogP contribution in [0.5, 0.6) is 0 Å². The number of halogens is 2. The number of amides is 1. The largest absolute Gasteiger partial charge is 0.444 e. The van der Waals surface area contributed by atoms with Crippen LogP contribution in [0.1, 0.15) is 20.8 Å². The lowest BCUT2D eigenvalue weighted by Crippen LogP contribution is -2.50. The summed E-state index contributed by atoms with van der Waals surface area (Å²) in [4.78, 5) is 15.3. The lowest BCUT2D eigenvalue weighted by atomic mass is 10.2. The number of carbonyl (C=O) groups excluding carboxylic acids is 1. The van der Waals surface area contributed by atoms with Gasteiger partial charge in [0, 0.05) is 38.5 Å². The minimum Gasteiger partial charge on any atom is -0.444 e. The zero-order chi connectivity index (χ0) is 18.1. The molecule has 1 atom stereocenters. The number of anilines is 1. The maximum Gasteiger partial charge on any atom is 0.410 e. The van der Waals surface area contributed by atoms with Gasteiger partial charge in [-0.3, -0.25) is 4.21 Å². The number of rotatable bonds is 2. The molecule has 5 nitrogen and oxygen atoms in total. The van der Waals surface area contributed by atoms with Gasteiger partial charge < -0.3 is 14.5 Å². The first-order valence-electron chi connectivity index (χ1n) is 7.64. The maximum atomic E-state index is 14.1. The summed E-state index contributed by atoms with van der Waals surface area (Å²) in [7, 11) is -1.54. The average Bonchev–Trinajstić information content (AvgIpc) is 2.45. The highest BCUT2D eigenvalue weighted by Gasteiger charge is 2.27. The zero-order valence-corrected chi connectivity index (χ0v) is 15.1. The van der Waals surface area contributed by atoms with Crippen LogP contribution in [0.15, 0.2) is 17.0 Å². The number of nitrogens with zero attached hydrogens (tertiary/aromatic N) is 2. The molecule has 0 N–H and O–H groups in total. The van der Waals surface area contributed by atoms with Crippen LogP contribution in [0.2, 0.25) is 0 Å². The quantitative estimate of drug-likeness (QED) is 0.814. The van der Waals surface area contributed by atoms with E-state index in [0.717, 1.165) is 6.07 Å². The molecule has 0 spiro atoms. The number of hydrogen-bond acceptors (Lipinski definition) is 4. The van der Waals surface area contributed by atoms with Crippen molar-refractivity contribution >= 4 is 22.6 Å². The van der Waals surface area contributed by atoms with Crippen LogP contribution in [-0.4, -0.2) is 53.2 Å². The molecule has 1 unspecified atom stereocenters. The number of hydrogen-bond donors (Lipinski definition) is 0. The molecule has 0 aliphatic carbocycles. The molecular weight excluding hydrogens is 338 g/mol. The Morgan fingerprint density at radius 3 is 2.21 bits per heavy atom. The molecule has 0 saturated carbocycles. The summed E-state index contributed by atoms with van der Waals surface area (Å²) < 4.78 is 44.6. The normalized spacial score (nSPS) is 16.9. The predicted octanol–water partition coefficient (Wildman–Crippen LogP) is 2.76. The summed E-state index contributed by atoms with van der Waals surface area (Å²) in [6.45, 7) is 6.89. The molecule has 2 rings (SSSR count). The van der Waals surface area contributed by atoms with Crippen molar-refractivity contribution in [3.05, 3.63) is 23.8 Å². The first-order chi connectivity index (χ1) is 11.1. The van der Waals surface area contributed by atoms with Gasteiger partial charge in [-0.2, -0.15) is 0 Å². The third kappa shape index (κ3) is 4.43. The molecule has 0 aromatic heterocycles. The van der Waals surface area contributed by atoms with Crippen LogP contribution in [-0.2, 0) is 15.5 Å². The van der Waals surface area contributed by atoms with Crippen LogP contribution in [0.3, 0.4) is 0 Å². The van der Waals surface area contributed by atoms with Gasteiger partial charge in [0.2, 0.25) is 0 Å². The van der Waals surface area contributed by atoms with Gasteiger partial charge in [-0.1, -0.05) is 0 Å². The third-order valence-corrected chi connectivity index (χ3v) is 4.52. The molecular formula is C16H22F2N2O3S. The Hall–Kier alpha value is -1.70. The summed E-state index contributed by atoms with van der Waals surface area (Å²) in [5.41, 5.74) is -0.373. The molecule has 1 aromatic rings. The van der Waals surface area contributed by atoms with E-state index >= 15 is 0 Å². The highest BCUT2D eigenvalue weighted by Crippen LogP contribution is 2.26. The number of carbonyl (C=O) groups is 1. The Kier molecular flexibility index (Phi) is 5.47. The van der Waals surface area contributed by atoms with Crippen molar-refractivity contribution in [2.75, 3.05) is 37.3 Å². The van der Waals surface area contributed by atoms with Crippen LogP contribution in [0, 0.1) is 11.6 Å². The van der Waals surface area contributed by atoms with E-state index < -0.39 is 34.1 Å². The van der Waals surface area contributed by atoms with Gasteiger partial charge in [0.15, 0.2) is 0 Å². The van der Waals surface area contributed by atoms with Crippen LogP contribution in [0.25, 0.3) is 0 Å². The van der Waals surface area contributed by atoms with Crippen molar-refractivity contribution in [1.82, 2.24) is 4.90 Å². The van der Waals surface area contributed by atoms with Crippen molar-refractivity contribution in [2.45, 2.75) is 31.3 Å². The number of piperazine rings is 1. The summed E-state index contributed by atoms with van der Waals surface area (Å²) in [5.74, 6) is -1.52. The summed E-state index contributed by atoms with van der Waals surface area (Å²) >= 11 is 0. The highest BCUT2D eigenvalue weighted by atomic mass is 32.2. The van der Waals surface area contributed by atoms with Gasteiger partial charge >= 0.3 is 6.09 Å². The second-order valence-corrected chi connectivity index (χ2v) is 7.99. The standard InChI is InChI=1S/C16H22F2N2O3S/c1-16(2,3)23-15(21)20-7-5-19(6-8-20)13-10-14(24(4)22)12(18)9-11(13)17/h9-10H,5-8H2,1-4H3. The fourth-order valence-corrected chi connectivity index (χ4v) is 3.05. The Bertz CT molecular complexity index is 653. The molecule has 0 bridgehead atoms. The second-order valence-electron chi connectivity index (χ2n) is 6.64. The molecule has 1 aromatic carbocycles. The van der Waals surface area contributed by atoms with Crippen molar-refractivity contribution in [1.29, 1.82) is 0 Å². The van der Waals surface area contributed by atoms with Gasteiger partial charge in [-0.25, -0.2) is 13.6 Å². The summed E-state index contributed by atoms with van der Waals surface area (Å²) in [6, 6.07) is 2.04. The zero-order valence-electron chi connectivity index (χ0n) is 14.3. The maximum absolute atomic E-state index is 14.1. The minimum atomic E-state index is -1.54. The van der Waals surface area contributed by atoms with Crippen LogP contribution >= 0.6 is 0 Å². The second kappa shape index (κ2) is 7.04. The molecule has 24 heavy (non-hydrogen) atoms. The molecule has 1 saturated heterocycles. The topological polar surface area (TPSA) is 49.9 Å². The molecule has 1 aliphatic heterocycles. The number of ether oxygens (including phenoxy) is 1. The highest BCUT2D eigenvalue weighted by molar-refractivity contribution is 7.84. The van der Waals surface area contributed by atoms with Crippen LogP contribution in [0.4, 0.5) is 19.3 Å². The van der Waals surface area contributed by atoms with Crippen molar-refractivity contribution < 1.29 is 22.5 Å². The molecule has 8 heteroatoms. The Balaban J connectivity index is 2.09. The Morgan fingerprint density at radius 2 is 1.71 bits per heavy atom. The first kappa shape index (κ1) is 18.6. The van der Waals surface area contributed by atoms with Crippen molar-refractivity contribution in [3.63, 3.8) is 0 Å². The van der Waals surface area contributed by atoms with E-state index in [1.54, 1.807) is 30.6 Å². The molecule has 1 aliphatic rings. The SMILES string of the molecule is CS(=O)c1cc(N2CCN(C(=O)OC(C)(C)C)CC2)c(F)cc1F. The average molecular weight is 360 g/mol. The molecule has 0 radical (unpaired) electrons. The van der Waals surface area contributed by atoms with E-state index in [-0.39, 0.29) is 10.6 Å². The monoisotopic (exact) mass is 360 g/mol. The van der Waals surface area contributed by atoms with Gasteiger partial charge in [-0.05, 0) is 26.8 Å². The summed E-state index contributed by atoms with van der Waals surface area (Å²) in [6.07, 6.45) is 0.942. The van der Waals surface area contributed by atoms with Gasteiger partial charge in [0.25, 0.3) is 0 Å². The van der Waals surface area contributed by atoms with Gasteiger partial charge in [0.05, 0.1) is 21.4 Å². The van der Waals surface area contributed by atoms with Crippen molar-refractivity contribution in [3.8, 4) is 0 Å². The van der Waals surface area contributed by atoms with Crippen molar-refractivity contribution in [2.24, 2.45) is 0 Å². The smallest absolute Gasteiger partial charge is 0.410 e. The Labute approximate surface area is 143 Å². The fraction of sp³-hybridized carbons (Fsp3) is 0.562. The lowest BCUT2D eigenvalue weighted by Gasteiger charge is -2.37. The fourth-order valence-electron chi connectivity index (χ4n) is 2.44. The third-order valence-electron chi connectivity index (χ3n) is 3.58. The van der Waals surface area contributed by atoms with E-state index in [9.17, 15) is 17.8 Å². The van der Waals surface area contributed by atoms with E-state index in [2.05, 4.69) is 0 Å². The Morgan fingerprint density at radius 1 is 1.12 bits per heavy atom. The minimum absolute atomic E-state index is 0.0269. The van der Waals surface area contributed by atoms with E-state index in [0.29, 0.717) is 26.2 Å².